The van der Waals surface area contributed by atoms with Crippen LogP contribution >= 0.6 is 11.6 Å². The van der Waals surface area contributed by atoms with E-state index in [1.54, 1.807) is 20.2 Å². The molecule has 4 nitrogen and oxygen atoms in total. The van der Waals surface area contributed by atoms with Gasteiger partial charge in [0, 0.05) is 19.1 Å². The molecule has 0 fully saturated rings. The first-order valence-electron chi connectivity index (χ1n) is 5.93. The van der Waals surface area contributed by atoms with Crippen LogP contribution in [0.2, 0.25) is 5.02 Å². The normalized spacial score (nSPS) is 19.1. The molecule has 1 atom stereocenters. The Balaban J connectivity index is 2.62. The standard InChI is InChI=1S/C14H15ClN2O2/c1-8(18)11-12(16-2)14(19)17(3)13(11)9-6-4-5-7-10(9)15/h4-7,13,16H,1-3H3. The average Bonchev–Trinajstić information content (AvgIpc) is 2.63. The van der Waals surface area contributed by atoms with E-state index in [2.05, 4.69) is 5.32 Å². The van der Waals surface area contributed by atoms with Crippen molar-refractivity contribution in [3.05, 3.63) is 46.1 Å². The van der Waals surface area contributed by atoms with E-state index in [4.69, 9.17) is 11.6 Å². The van der Waals surface area contributed by atoms with Crippen molar-refractivity contribution in [3.63, 3.8) is 0 Å². The van der Waals surface area contributed by atoms with E-state index in [9.17, 15) is 9.59 Å². The summed E-state index contributed by atoms with van der Waals surface area (Å²) >= 11 is 6.19. The lowest BCUT2D eigenvalue weighted by atomic mass is 9.96. The predicted molar refractivity (Wildman–Crippen MR) is 73.7 cm³/mol. The number of nitrogens with one attached hydrogen (secondary N) is 1. The van der Waals surface area contributed by atoms with Crippen molar-refractivity contribution in [2.45, 2.75) is 13.0 Å². The minimum Gasteiger partial charge on any atom is -0.383 e. The molecular weight excluding hydrogens is 264 g/mol. The van der Waals surface area contributed by atoms with Crippen molar-refractivity contribution < 1.29 is 9.59 Å². The Morgan fingerprint density at radius 3 is 2.53 bits per heavy atom. The summed E-state index contributed by atoms with van der Waals surface area (Å²) in [5.41, 5.74) is 1.57. The third-order valence-electron chi connectivity index (χ3n) is 3.29. The fraction of sp³-hybridized carbons (Fsp3) is 0.286. The number of hydrogen-bond donors (Lipinski definition) is 1. The van der Waals surface area contributed by atoms with E-state index >= 15 is 0 Å². The quantitative estimate of drug-likeness (QED) is 0.919. The molecule has 1 amide bonds. The van der Waals surface area contributed by atoms with Crippen LogP contribution in [0, 0.1) is 0 Å². The van der Waals surface area contributed by atoms with Gasteiger partial charge in [0.2, 0.25) is 0 Å². The molecule has 0 bridgehead atoms. The van der Waals surface area contributed by atoms with Crippen molar-refractivity contribution in [1.82, 2.24) is 10.2 Å². The second-order valence-corrected chi connectivity index (χ2v) is 4.84. The van der Waals surface area contributed by atoms with Crippen LogP contribution in [-0.4, -0.2) is 30.7 Å². The van der Waals surface area contributed by atoms with Gasteiger partial charge in [-0.25, -0.2) is 0 Å². The van der Waals surface area contributed by atoms with Crippen LogP contribution in [0.15, 0.2) is 35.5 Å². The zero-order valence-electron chi connectivity index (χ0n) is 11.0. The minimum atomic E-state index is -0.429. The molecule has 2 rings (SSSR count). The van der Waals surface area contributed by atoms with Gasteiger partial charge in [-0.05, 0) is 18.6 Å². The van der Waals surface area contributed by atoms with Crippen LogP contribution in [0.3, 0.4) is 0 Å². The number of carbonyl (C=O) groups excluding carboxylic acids is 2. The number of rotatable bonds is 3. The highest BCUT2D eigenvalue weighted by molar-refractivity contribution is 6.31. The monoisotopic (exact) mass is 278 g/mol. The summed E-state index contributed by atoms with van der Waals surface area (Å²) in [6, 6.07) is 6.82. The maximum atomic E-state index is 12.2. The minimum absolute atomic E-state index is 0.132. The second kappa shape index (κ2) is 5.05. The molecule has 1 heterocycles. The van der Waals surface area contributed by atoms with Gasteiger partial charge < -0.3 is 10.2 Å². The first-order valence-corrected chi connectivity index (χ1v) is 6.31. The molecule has 19 heavy (non-hydrogen) atoms. The van der Waals surface area contributed by atoms with E-state index in [0.29, 0.717) is 16.3 Å². The number of likely N-dealkylation sites (N-methyl/N-ethyl adjacent to an activating group) is 2. The molecule has 0 saturated carbocycles. The van der Waals surface area contributed by atoms with Crippen molar-refractivity contribution in [2.24, 2.45) is 0 Å². The third kappa shape index (κ3) is 2.12. The molecule has 0 aromatic heterocycles. The molecule has 1 aromatic carbocycles. The van der Waals surface area contributed by atoms with Crippen LogP contribution in [0.5, 0.6) is 0 Å². The average molecular weight is 279 g/mol. The van der Waals surface area contributed by atoms with Gasteiger partial charge in [0.1, 0.15) is 5.70 Å². The van der Waals surface area contributed by atoms with Crippen molar-refractivity contribution >= 4 is 23.3 Å². The molecule has 1 N–H and O–H groups in total. The fourth-order valence-corrected chi connectivity index (χ4v) is 2.65. The fourth-order valence-electron chi connectivity index (χ4n) is 2.41. The maximum Gasteiger partial charge on any atom is 0.270 e. The number of nitrogens with zero attached hydrogens (tertiary/aromatic N) is 1. The lowest BCUT2D eigenvalue weighted by molar-refractivity contribution is -0.126. The molecular formula is C14H15ClN2O2. The van der Waals surface area contributed by atoms with Crippen molar-refractivity contribution in [2.75, 3.05) is 14.1 Å². The van der Waals surface area contributed by atoms with Crippen molar-refractivity contribution in [1.29, 1.82) is 0 Å². The summed E-state index contributed by atoms with van der Waals surface area (Å²) < 4.78 is 0. The molecule has 5 heteroatoms. The highest BCUT2D eigenvalue weighted by atomic mass is 35.5. The number of Topliss-reactive ketones (excluding diaryl/α,β-unsaturated/α-hetero) is 1. The molecule has 100 valence electrons. The van der Waals surface area contributed by atoms with Gasteiger partial charge >= 0.3 is 0 Å². The van der Waals surface area contributed by atoms with Gasteiger partial charge in [0.05, 0.1) is 11.6 Å². The third-order valence-corrected chi connectivity index (χ3v) is 3.64. The SMILES string of the molecule is CNC1=C(C(C)=O)C(c2ccccc2Cl)N(C)C1=O. The van der Waals surface area contributed by atoms with Crippen LogP contribution in [0.4, 0.5) is 0 Å². The maximum absolute atomic E-state index is 12.2. The Hall–Kier alpha value is -1.81. The summed E-state index contributed by atoms with van der Waals surface area (Å²) in [7, 11) is 3.31. The topological polar surface area (TPSA) is 49.4 Å². The molecule has 1 unspecified atom stereocenters. The Morgan fingerprint density at radius 1 is 1.37 bits per heavy atom. The zero-order valence-corrected chi connectivity index (χ0v) is 11.8. The predicted octanol–water partition coefficient (Wildman–Crippen LogP) is 1.92. The highest BCUT2D eigenvalue weighted by Crippen LogP contribution is 2.39. The van der Waals surface area contributed by atoms with Gasteiger partial charge in [-0.1, -0.05) is 29.8 Å². The molecule has 0 saturated heterocycles. The first kappa shape index (κ1) is 13.6. The summed E-state index contributed by atoms with van der Waals surface area (Å²) in [6.45, 7) is 1.46. The highest BCUT2D eigenvalue weighted by Gasteiger charge is 2.40. The second-order valence-electron chi connectivity index (χ2n) is 4.43. The zero-order chi connectivity index (χ0) is 14.2. The van der Waals surface area contributed by atoms with Crippen LogP contribution in [0.25, 0.3) is 0 Å². The smallest absolute Gasteiger partial charge is 0.270 e. The van der Waals surface area contributed by atoms with Crippen LogP contribution in [-0.2, 0) is 9.59 Å². The Morgan fingerprint density at radius 2 is 2.00 bits per heavy atom. The molecule has 1 aromatic rings. The van der Waals surface area contributed by atoms with Gasteiger partial charge in [0.25, 0.3) is 5.91 Å². The Kier molecular flexibility index (Phi) is 3.62. The Labute approximate surface area is 117 Å². The number of ketones is 1. The molecule has 0 aliphatic carbocycles. The first-order chi connectivity index (χ1) is 8.99. The Bertz CT molecular complexity index is 581. The van der Waals surface area contributed by atoms with Crippen LogP contribution in [0.1, 0.15) is 18.5 Å². The largest absolute Gasteiger partial charge is 0.383 e. The van der Waals surface area contributed by atoms with E-state index in [1.165, 1.54) is 11.8 Å². The number of halogens is 1. The van der Waals surface area contributed by atoms with E-state index in [-0.39, 0.29) is 11.7 Å². The number of hydrogen-bond acceptors (Lipinski definition) is 3. The number of carbonyl (C=O) groups is 2. The van der Waals surface area contributed by atoms with E-state index in [0.717, 1.165) is 5.56 Å². The van der Waals surface area contributed by atoms with Crippen LogP contribution < -0.4 is 5.32 Å². The summed E-state index contributed by atoms with van der Waals surface area (Å²) in [6.07, 6.45) is 0. The summed E-state index contributed by atoms with van der Waals surface area (Å²) in [5, 5.41) is 3.36. The molecule has 0 radical (unpaired) electrons. The van der Waals surface area contributed by atoms with Gasteiger partial charge in [-0.3, -0.25) is 9.59 Å². The molecule has 0 spiro atoms. The number of benzene rings is 1. The molecule has 1 aliphatic rings. The van der Waals surface area contributed by atoms with Gasteiger partial charge in [-0.15, -0.1) is 0 Å². The summed E-state index contributed by atoms with van der Waals surface area (Å²) in [4.78, 5) is 25.6. The van der Waals surface area contributed by atoms with Gasteiger partial charge in [-0.2, -0.15) is 0 Å². The van der Waals surface area contributed by atoms with Crippen molar-refractivity contribution in [3.8, 4) is 0 Å². The number of amides is 1. The lowest BCUT2D eigenvalue weighted by Gasteiger charge is -2.23. The van der Waals surface area contributed by atoms with E-state index in [1.807, 2.05) is 18.2 Å². The summed E-state index contributed by atoms with van der Waals surface area (Å²) in [5.74, 6) is -0.329. The lowest BCUT2D eigenvalue weighted by Crippen LogP contribution is -2.28. The van der Waals surface area contributed by atoms with E-state index < -0.39 is 6.04 Å². The van der Waals surface area contributed by atoms with Gasteiger partial charge in [0.15, 0.2) is 5.78 Å². The molecule has 1 aliphatic heterocycles.